The van der Waals surface area contributed by atoms with Gasteiger partial charge in [-0.25, -0.2) is 8.42 Å². The molecule has 0 spiro atoms. The van der Waals surface area contributed by atoms with Crippen molar-refractivity contribution in [2.75, 3.05) is 6.26 Å². The summed E-state index contributed by atoms with van der Waals surface area (Å²) in [5, 5.41) is 8.35. The molecule has 3 rings (SSSR count). The predicted octanol–water partition coefficient (Wildman–Crippen LogP) is 3.23. The maximum absolute atomic E-state index is 12.0. The van der Waals surface area contributed by atoms with Gasteiger partial charge in [0, 0.05) is 11.3 Å². The third kappa shape index (κ3) is 2.41. The minimum absolute atomic E-state index is 0.207. The van der Waals surface area contributed by atoms with Gasteiger partial charge in [-0.1, -0.05) is 6.07 Å². The Hall–Kier alpha value is -1.18. The average Bonchev–Trinajstić information content (AvgIpc) is 3.05. The Morgan fingerprint density at radius 3 is 2.65 bits per heavy atom. The highest BCUT2D eigenvalue weighted by atomic mass is 32.2. The van der Waals surface area contributed by atoms with Crippen molar-refractivity contribution in [2.24, 2.45) is 5.10 Å². The molecule has 0 saturated carbocycles. The van der Waals surface area contributed by atoms with E-state index in [0.29, 0.717) is 6.42 Å². The molecular weight excluding hydrogens is 312 g/mol. The van der Waals surface area contributed by atoms with E-state index in [0.717, 1.165) is 21.0 Å². The van der Waals surface area contributed by atoms with Gasteiger partial charge in [-0.2, -0.15) is 9.52 Å². The van der Waals surface area contributed by atoms with Crippen molar-refractivity contribution in [3.63, 3.8) is 0 Å². The van der Waals surface area contributed by atoms with Crippen molar-refractivity contribution in [1.82, 2.24) is 4.41 Å². The van der Waals surface area contributed by atoms with Crippen LogP contribution in [0.4, 0.5) is 0 Å². The molecule has 0 aromatic carbocycles. The number of nitrogens with zero attached hydrogens (tertiary/aromatic N) is 2. The van der Waals surface area contributed by atoms with Gasteiger partial charge in [0.15, 0.2) is 0 Å². The summed E-state index contributed by atoms with van der Waals surface area (Å²) in [6, 6.07) is 5.73. The lowest BCUT2D eigenvalue weighted by molar-refractivity contribution is 0.379. The van der Waals surface area contributed by atoms with E-state index in [9.17, 15) is 8.42 Å². The molecule has 0 aliphatic carbocycles. The van der Waals surface area contributed by atoms with Gasteiger partial charge in [-0.15, -0.1) is 22.7 Å². The summed E-state index contributed by atoms with van der Waals surface area (Å²) in [4.78, 5) is 2.11. The normalized spacial score (nSPS) is 19.4. The summed E-state index contributed by atoms with van der Waals surface area (Å²) < 4.78 is 25.2. The largest absolute Gasteiger partial charge is 0.247 e. The smallest absolute Gasteiger partial charge is 0.205 e. The van der Waals surface area contributed by atoms with Gasteiger partial charge in [0.2, 0.25) is 10.0 Å². The quantitative estimate of drug-likeness (QED) is 0.869. The van der Waals surface area contributed by atoms with Crippen LogP contribution in [0.5, 0.6) is 0 Å². The van der Waals surface area contributed by atoms with Crippen LogP contribution in [0.2, 0.25) is 0 Å². The summed E-state index contributed by atoms with van der Waals surface area (Å²) >= 11 is 3.18. The van der Waals surface area contributed by atoms with Gasteiger partial charge in [0.05, 0.1) is 16.8 Å². The number of thiophene rings is 2. The minimum Gasteiger partial charge on any atom is -0.205 e. The Balaban J connectivity index is 2.03. The molecule has 106 valence electrons. The molecule has 1 atom stereocenters. The molecule has 20 heavy (non-hydrogen) atoms. The molecule has 0 unspecified atom stereocenters. The molecule has 4 nitrogen and oxygen atoms in total. The Kier molecular flexibility index (Phi) is 3.43. The van der Waals surface area contributed by atoms with Crippen molar-refractivity contribution in [3.05, 3.63) is 44.3 Å². The topological polar surface area (TPSA) is 49.7 Å². The predicted molar refractivity (Wildman–Crippen MR) is 84.0 cm³/mol. The maximum atomic E-state index is 12.0. The van der Waals surface area contributed by atoms with Crippen LogP contribution in [0.25, 0.3) is 0 Å². The van der Waals surface area contributed by atoms with Crippen LogP contribution in [0.3, 0.4) is 0 Å². The molecule has 0 saturated heterocycles. The molecule has 1 aliphatic heterocycles. The lowest BCUT2D eigenvalue weighted by Gasteiger charge is -2.19. The van der Waals surface area contributed by atoms with E-state index in [1.54, 1.807) is 22.7 Å². The van der Waals surface area contributed by atoms with Crippen molar-refractivity contribution < 1.29 is 8.42 Å². The number of hydrogen-bond donors (Lipinski definition) is 0. The Bertz CT molecular complexity index is 744. The van der Waals surface area contributed by atoms with Crippen LogP contribution in [-0.2, 0) is 10.0 Å². The Labute approximate surface area is 126 Å². The van der Waals surface area contributed by atoms with Crippen molar-refractivity contribution in [1.29, 1.82) is 0 Å². The SMILES string of the molecule is Cc1ccsc1C1=NN(S(C)(=O)=O)[C@H](c2cccs2)C1. The summed E-state index contributed by atoms with van der Waals surface area (Å²) in [5.74, 6) is 0. The van der Waals surface area contributed by atoms with E-state index in [4.69, 9.17) is 0 Å². The van der Waals surface area contributed by atoms with Crippen LogP contribution < -0.4 is 0 Å². The summed E-state index contributed by atoms with van der Waals surface area (Å²) in [6.07, 6.45) is 1.84. The third-order valence-corrected chi connectivity index (χ3v) is 6.26. The zero-order valence-electron chi connectivity index (χ0n) is 11.1. The molecule has 3 heterocycles. The summed E-state index contributed by atoms with van der Waals surface area (Å²) in [6.45, 7) is 2.03. The van der Waals surface area contributed by atoms with E-state index in [1.807, 2.05) is 35.9 Å². The second-order valence-corrected chi connectivity index (χ2v) is 8.49. The van der Waals surface area contributed by atoms with E-state index >= 15 is 0 Å². The van der Waals surface area contributed by atoms with Gasteiger partial charge in [-0.3, -0.25) is 0 Å². The molecular formula is C13H14N2O2S3. The van der Waals surface area contributed by atoms with E-state index in [1.165, 1.54) is 10.7 Å². The zero-order valence-corrected chi connectivity index (χ0v) is 13.6. The highest BCUT2D eigenvalue weighted by molar-refractivity contribution is 7.88. The molecule has 0 fully saturated rings. The molecule has 7 heteroatoms. The molecule has 0 bridgehead atoms. The molecule has 1 aliphatic rings. The number of hydrogen-bond acceptors (Lipinski definition) is 5. The average molecular weight is 326 g/mol. The minimum atomic E-state index is -3.36. The van der Waals surface area contributed by atoms with Crippen molar-refractivity contribution in [3.8, 4) is 0 Å². The number of sulfonamides is 1. The van der Waals surface area contributed by atoms with Gasteiger partial charge >= 0.3 is 0 Å². The molecule has 2 aromatic heterocycles. The Morgan fingerprint density at radius 2 is 2.10 bits per heavy atom. The van der Waals surface area contributed by atoms with Crippen molar-refractivity contribution in [2.45, 2.75) is 19.4 Å². The zero-order chi connectivity index (χ0) is 14.3. The first-order valence-corrected chi connectivity index (χ1v) is 9.72. The van der Waals surface area contributed by atoms with Gasteiger partial charge in [0.25, 0.3) is 0 Å². The molecule has 2 aromatic rings. The number of aryl methyl sites for hydroxylation is 1. The van der Waals surface area contributed by atoms with Crippen LogP contribution in [-0.4, -0.2) is 24.8 Å². The first-order chi connectivity index (χ1) is 9.47. The molecule has 0 amide bonds. The monoisotopic (exact) mass is 326 g/mol. The van der Waals surface area contributed by atoms with Gasteiger partial charge in [-0.05, 0) is 35.4 Å². The first kappa shape index (κ1) is 13.8. The Morgan fingerprint density at radius 1 is 1.30 bits per heavy atom. The number of rotatable bonds is 3. The van der Waals surface area contributed by atoms with E-state index in [-0.39, 0.29) is 6.04 Å². The fourth-order valence-electron chi connectivity index (χ4n) is 2.29. The van der Waals surface area contributed by atoms with Crippen LogP contribution in [0.15, 0.2) is 34.1 Å². The maximum Gasteiger partial charge on any atom is 0.247 e. The van der Waals surface area contributed by atoms with Crippen LogP contribution >= 0.6 is 22.7 Å². The standard InChI is InChI=1S/C13H14N2O2S3/c1-9-5-7-19-13(9)10-8-11(12-4-3-6-18-12)15(14-10)20(2,16)17/h3-7,11H,8H2,1-2H3/t11-/m0/s1. The molecule has 0 N–H and O–H groups in total. The highest BCUT2D eigenvalue weighted by Crippen LogP contribution is 2.37. The fourth-order valence-corrected chi connectivity index (χ4v) is 4.99. The van der Waals surface area contributed by atoms with Crippen LogP contribution in [0, 0.1) is 6.92 Å². The summed E-state index contributed by atoms with van der Waals surface area (Å²) in [7, 11) is -3.36. The summed E-state index contributed by atoms with van der Waals surface area (Å²) in [5.41, 5.74) is 2.01. The van der Waals surface area contributed by atoms with Gasteiger partial charge < -0.3 is 0 Å². The van der Waals surface area contributed by atoms with E-state index in [2.05, 4.69) is 5.10 Å². The second-order valence-electron chi connectivity index (χ2n) is 4.75. The fraction of sp³-hybridized carbons (Fsp3) is 0.308. The lowest BCUT2D eigenvalue weighted by Crippen LogP contribution is -2.25. The van der Waals surface area contributed by atoms with Gasteiger partial charge in [0.1, 0.15) is 6.04 Å². The number of hydrazone groups is 1. The van der Waals surface area contributed by atoms with E-state index < -0.39 is 10.0 Å². The van der Waals surface area contributed by atoms with Crippen molar-refractivity contribution >= 4 is 38.4 Å². The highest BCUT2D eigenvalue weighted by Gasteiger charge is 2.35. The lowest BCUT2D eigenvalue weighted by atomic mass is 10.1. The second kappa shape index (κ2) is 4.98. The molecule has 0 radical (unpaired) electrons. The third-order valence-electron chi connectivity index (χ3n) is 3.21. The first-order valence-electron chi connectivity index (χ1n) is 6.11. The van der Waals surface area contributed by atoms with Crippen LogP contribution in [0.1, 0.15) is 27.8 Å².